The van der Waals surface area contributed by atoms with Crippen molar-refractivity contribution in [2.75, 3.05) is 34.4 Å². The number of hydrogen-bond acceptors (Lipinski definition) is 4. The van der Waals surface area contributed by atoms with Crippen molar-refractivity contribution in [2.45, 2.75) is 84.0 Å². The molecule has 4 heteroatoms. The Morgan fingerprint density at radius 1 is 0.696 bits per heavy atom. The molecule has 1 unspecified atom stereocenters. The second-order valence-corrected chi connectivity index (χ2v) is 6.36. The summed E-state index contributed by atoms with van der Waals surface area (Å²) in [4.78, 5) is 0. The van der Waals surface area contributed by atoms with Gasteiger partial charge in [0.1, 0.15) is 0 Å². The molecule has 0 bridgehead atoms. The summed E-state index contributed by atoms with van der Waals surface area (Å²) in [7, 11) is 5.03. The van der Waals surface area contributed by atoms with Crippen molar-refractivity contribution in [3.63, 3.8) is 0 Å². The number of hydrogen-bond donors (Lipinski definition) is 1. The Morgan fingerprint density at radius 3 is 1.83 bits per heavy atom. The molecule has 0 aliphatic heterocycles. The molecule has 0 radical (unpaired) electrons. The molecular weight excluding hydrogens is 290 g/mol. The summed E-state index contributed by atoms with van der Waals surface area (Å²) in [6.45, 7) is 6.59. The highest BCUT2D eigenvalue weighted by Crippen LogP contribution is 2.32. The average Bonchev–Trinajstić information content (AvgIpc) is 2.58. The van der Waals surface area contributed by atoms with Crippen LogP contribution in [0.2, 0.25) is 0 Å². The first-order valence-corrected chi connectivity index (χ1v) is 9.56. The van der Waals surface area contributed by atoms with E-state index in [-0.39, 0.29) is 5.92 Å². The zero-order valence-electron chi connectivity index (χ0n) is 16.3. The molecule has 0 saturated heterocycles. The van der Waals surface area contributed by atoms with Gasteiger partial charge in [0.15, 0.2) is 0 Å². The molecule has 0 aliphatic rings. The molecule has 0 fully saturated rings. The van der Waals surface area contributed by atoms with Crippen LogP contribution < -0.4 is 5.32 Å². The van der Waals surface area contributed by atoms with Gasteiger partial charge in [-0.05, 0) is 38.8 Å². The Bertz CT molecular complexity index is 237. The quantitative estimate of drug-likeness (QED) is 0.309. The second kappa shape index (κ2) is 15.4. The van der Waals surface area contributed by atoms with E-state index in [2.05, 4.69) is 19.2 Å². The fraction of sp³-hybridized carbons (Fsp3) is 1.00. The van der Waals surface area contributed by atoms with E-state index in [1.54, 1.807) is 21.3 Å². The van der Waals surface area contributed by atoms with Crippen LogP contribution in [-0.4, -0.2) is 40.4 Å². The highest BCUT2D eigenvalue weighted by Gasteiger charge is 2.39. The molecule has 0 aliphatic carbocycles. The molecule has 0 amide bonds. The first kappa shape index (κ1) is 22.8. The van der Waals surface area contributed by atoms with Gasteiger partial charge in [0.05, 0.1) is 0 Å². The molecule has 4 nitrogen and oxygen atoms in total. The highest BCUT2D eigenvalue weighted by atomic mass is 16.9. The maximum absolute atomic E-state index is 5.61. The van der Waals surface area contributed by atoms with E-state index in [0.29, 0.717) is 0 Å². The lowest BCUT2D eigenvalue weighted by atomic mass is 9.93. The molecule has 0 aromatic rings. The first-order chi connectivity index (χ1) is 11.2. The summed E-state index contributed by atoms with van der Waals surface area (Å²) < 4.78 is 16.8. The molecule has 0 heterocycles. The van der Waals surface area contributed by atoms with E-state index in [1.165, 1.54) is 44.9 Å². The second-order valence-electron chi connectivity index (χ2n) is 6.36. The SMILES string of the molecule is CCCCCCCCC(CCCNCCC)C(OC)(OC)OC. The minimum atomic E-state index is -0.895. The molecule has 1 atom stereocenters. The average molecular weight is 332 g/mol. The van der Waals surface area contributed by atoms with Gasteiger partial charge < -0.3 is 19.5 Å². The van der Waals surface area contributed by atoms with Crippen LogP contribution >= 0.6 is 0 Å². The Balaban J connectivity index is 4.31. The Morgan fingerprint density at radius 2 is 1.26 bits per heavy atom. The van der Waals surface area contributed by atoms with Gasteiger partial charge in [-0.1, -0.05) is 52.4 Å². The first-order valence-electron chi connectivity index (χ1n) is 9.56. The lowest BCUT2D eigenvalue weighted by molar-refractivity contribution is -0.380. The van der Waals surface area contributed by atoms with Crippen molar-refractivity contribution >= 4 is 0 Å². The molecule has 140 valence electrons. The van der Waals surface area contributed by atoms with Crippen molar-refractivity contribution in [3.05, 3.63) is 0 Å². The van der Waals surface area contributed by atoms with Gasteiger partial charge in [-0.2, -0.15) is 0 Å². The van der Waals surface area contributed by atoms with Gasteiger partial charge in [0, 0.05) is 27.2 Å². The van der Waals surface area contributed by atoms with E-state index < -0.39 is 5.97 Å². The number of ether oxygens (including phenoxy) is 3. The number of nitrogens with one attached hydrogen (secondary N) is 1. The summed E-state index contributed by atoms with van der Waals surface area (Å²) in [5.74, 6) is -0.620. The summed E-state index contributed by atoms with van der Waals surface area (Å²) in [5, 5.41) is 3.46. The standard InChI is InChI=1S/C19H41NO3/c1-6-8-9-10-11-12-14-18(15-13-17-20-16-7-2)19(21-3,22-4)23-5/h18,20H,6-17H2,1-5H3. The van der Waals surface area contributed by atoms with Crippen LogP contribution in [0.4, 0.5) is 0 Å². The van der Waals surface area contributed by atoms with Crippen LogP contribution in [0.15, 0.2) is 0 Å². The zero-order valence-corrected chi connectivity index (χ0v) is 16.3. The minimum absolute atomic E-state index is 0.275. The molecule has 0 rings (SSSR count). The smallest absolute Gasteiger partial charge is 0.285 e. The van der Waals surface area contributed by atoms with E-state index in [0.717, 1.165) is 32.4 Å². The fourth-order valence-corrected chi connectivity index (χ4v) is 3.19. The van der Waals surface area contributed by atoms with Crippen LogP contribution in [0.25, 0.3) is 0 Å². The summed E-state index contributed by atoms with van der Waals surface area (Å²) in [5.41, 5.74) is 0. The van der Waals surface area contributed by atoms with Gasteiger partial charge in [-0.3, -0.25) is 0 Å². The predicted molar refractivity (Wildman–Crippen MR) is 97.6 cm³/mol. The normalized spacial score (nSPS) is 13.4. The molecule has 1 N–H and O–H groups in total. The Hall–Kier alpha value is -0.160. The Kier molecular flexibility index (Phi) is 15.3. The largest absolute Gasteiger partial charge is 0.331 e. The molecule has 0 saturated carbocycles. The highest BCUT2D eigenvalue weighted by molar-refractivity contribution is 4.72. The van der Waals surface area contributed by atoms with Crippen molar-refractivity contribution < 1.29 is 14.2 Å². The van der Waals surface area contributed by atoms with Crippen LogP contribution in [0.5, 0.6) is 0 Å². The summed E-state index contributed by atoms with van der Waals surface area (Å²) in [6, 6.07) is 0. The van der Waals surface area contributed by atoms with E-state index >= 15 is 0 Å². The number of unbranched alkanes of at least 4 members (excludes halogenated alkanes) is 5. The fourth-order valence-electron chi connectivity index (χ4n) is 3.19. The van der Waals surface area contributed by atoms with Crippen molar-refractivity contribution in [1.29, 1.82) is 0 Å². The minimum Gasteiger partial charge on any atom is -0.331 e. The van der Waals surface area contributed by atoms with Gasteiger partial charge in [-0.15, -0.1) is 0 Å². The van der Waals surface area contributed by atoms with E-state index in [9.17, 15) is 0 Å². The lowest BCUT2D eigenvalue weighted by Gasteiger charge is -2.36. The maximum atomic E-state index is 5.61. The summed E-state index contributed by atoms with van der Waals surface area (Å²) in [6.07, 6.45) is 12.3. The third kappa shape index (κ3) is 9.65. The van der Waals surface area contributed by atoms with E-state index in [4.69, 9.17) is 14.2 Å². The molecule has 23 heavy (non-hydrogen) atoms. The molecule has 0 aromatic carbocycles. The predicted octanol–water partition coefficient (Wildman–Crippen LogP) is 4.73. The summed E-state index contributed by atoms with van der Waals surface area (Å²) >= 11 is 0. The number of rotatable bonds is 17. The maximum Gasteiger partial charge on any atom is 0.285 e. The van der Waals surface area contributed by atoms with Gasteiger partial charge in [0.25, 0.3) is 5.97 Å². The topological polar surface area (TPSA) is 39.7 Å². The molecular formula is C19H41NO3. The van der Waals surface area contributed by atoms with Crippen molar-refractivity contribution in [1.82, 2.24) is 5.32 Å². The van der Waals surface area contributed by atoms with Gasteiger partial charge in [0.2, 0.25) is 0 Å². The Labute approximate surface area is 144 Å². The zero-order chi connectivity index (χ0) is 17.4. The van der Waals surface area contributed by atoms with Crippen LogP contribution in [-0.2, 0) is 14.2 Å². The van der Waals surface area contributed by atoms with Crippen molar-refractivity contribution in [2.24, 2.45) is 5.92 Å². The lowest BCUT2D eigenvalue weighted by Crippen LogP contribution is -2.44. The van der Waals surface area contributed by atoms with Crippen molar-refractivity contribution in [3.8, 4) is 0 Å². The van der Waals surface area contributed by atoms with Gasteiger partial charge in [-0.25, -0.2) is 0 Å². The van der Waals surface area contributed by atoms with Crippen LogP contribution in [0.3, 0.4) is 0 Å². The monoisotopic (exact) mass is 331 g/mol. The third-order valence-electron chi connectivity index (χ3n) is 4.59. The van der Waals surface area contributed by atoms with Crippen LogP contribution in [0, 0.1) is 5.92 Å². The number of methoxy groups -OCH3 is 3. The van der Waals surface area contributed by atoms with Gasteiger partial charge >= 0.3 is 0 Å². The van der Waals surface area contributed by atoms with Crippen LogP contribution in [0.1, 0.15) is 78.1 Å². The van der Waals surface area contributed by atoms with E-state index in [1.807, 2.05) is 0 Å². The third-order valence-corrected chi connectivity index (χ3v) is 4.59. The molecule has 0 spiro atoms. The molecule has 0 aromatic heterocycles.